The van der Waals surface area contributed by atoms with E-state index in [1.54, 1.807) is 0 Å². The molecule has 0 saturated carbocycles. The summed E-state index contributed by atoms with van der Waals surface area (Å²) in [6.07, 6.45) is 2.30. The molecule has 1 atom stereocenters. The molecule has 0 bridgehead atoms. The summed E-state index contributed by atoms with van der Waals surface area (Å²) in [5.41, 5.74) is 0.688. The van der Waals surface area contributed by atoms with Crippen LogP contribution in [0.2, 0.25) is 0 Å². The smallest absolute Gasteiger partial charge is 0.121 e. The van der Waals surface area contributed by atoms with Crippen LogP contribution in [0.25, 0.3) is 0 Å². The van der Waals surface area contributed by atoms with Gasteiger partial charge in [-0.25, -0.2) is 0 Å². The Hall–Kier alpha value is -1.53. The van der Waals surface area contributed by atoms with Crippen LogP contribution in [0.3, 0.4) is 0 Å². The van der Waals surface area contributed by atoms with Gasteiger partial charge in [-0.05, 0) is 32.0 Å². The zero-order chi connectivity index (χ0) is 14.1. The van der Waals surface area contributed by atoms with Gasteiger partial charge in [0.15, 0.2) is 0 Å². The summed E-state index contributed by atoms with van der Waals surface area (Å²) >= 11 is 0. The number of nitriles is 1. The van der Waals surface area contributed by atoms with E-state index in [4.69, 9.17) is 0 Å². The summed E-state index contributed by atoms with van der Waals surface area (Å²) < 4.78 is 0. The second-order valence-electron chi connectivity index (χ2n) is 5.08. The fourth-order valence-electron chi connectivity index (χ4n) is 2.19. The Kier molecular flexibility index (Phi) is 6.38. The second kappa shape index (κ2) is 7.81. The van der Waals surface area contributed by atoms with Crippen LogP contribution >= 0.6 is 0 Å². The second-order valence-corrected chi connectivity index (χ2v) is 5.08. The van der Waals surface area contributed by atoms with Crippen LogP contribution in [0.4, 0.5) is 5.69 Å². The third kappa shape index (κ3) is 4.92. The number of hydrogen-bond donors (Lipinski definition) is 1. The predicted octanol–water partition coefficient (Wildman–Crippen LogP) is 3.18. The molecule has 3 heteroatoms. The molecule has 0 spiro atoms. The van der Waals surface area contributed by atoms with E-state index in [-0.39, 0.29) is 0 Å². The van der Waals surface area contributed by atoms with Gasteiger partial charge in [-0.3, -0.25) is 5.32 Å². The number of para-hydroxylation sites is 1. The Balaban J connectivity index is 2.83. The van der Waals surface area contributed by atoms with Gasteiger partial charge in [0, 0.05) is 18.8 Å². The van der Waals surface area contributed by atoms with Crippen molar-refractivity contribution < 1.29 is 0 Å². The number of anilines is 1. The number of nitrogens with zero attached hydrogens (tertiary/aromatic N) is 2. The Labute approximate surface area is 117 Å². The van der Waals surface area contributed by atoms with Gasteiger partial charge >= 0.3 is 0 Å². The monoisotopic (exact) mass is 259 g/mol. The summed E-state index contributed by atoms with van der Waals surface area (Å²) in [5, 5.41) is 12.7. The number of likely N-dealkylation sites (N-methyl/N-ethyl adjacent to an activating group) is 1. The number of unbranched alkanes of at least 4 members (excludes halogenated alkanes) is 1. The molecule has 0 aromatic heterocycles. The fourth-order valence-corrected chi connectivity index (χ4v) is 2.19. The van der Waals surface area contributed by atoms with E-state index in [2.05, 4.69) is 35.3 Å². The Bertz CT molecular complexity index is 396. The molecule has 3 nitrogen and oxygen atoms in total. The molecular formula is C16H25N3. The lowest BCUT2D eigenvalue weighted by Gasteiger charge is -2.33. The molecule has 19 heavy (non-hydrogen) atoms. The van der Waals surface area contributed by atoms with E-state index >= 15 is 0 Å². The molecule has 1 aromatic rings. The third-order valence-corrected chi connectivity index (χ3v) is 3.22. The highest BCUT2D eigenvalue weighted by Crippen LogP contribution is 2.17. The highest BCUT2D eigenvalue weighted by Gasteiger charge is 2.25. The highest BCUT2D eigenvalue weighted by molar-refractivity contribution is 5.47. The van der Waals surface area contributed by atoms with Crippen molar-refractivity contribution in [2.24, 2.45) is 0 Å². The zero-order valence-corrected chi connectivity index (χ0v) is 12.3. The first-order valence-corrected chi connectivity index (χ1v) is 7.11. The van der Waals surface area contributed by atoms with Crippen LogP contribution in [0.15, 0.2) is 30.3 Å². The molecule has 0 aliphatic carbocycles. The van der Waals surface area contributed by atoms with E-state index < -0.39 is 5.54 Å². The maximum atomic E-state index is 9.40. The zero-order valence-electron chi connectivity index (χ0n) is 12.3. The highest BCUT2D eigenvalue weighted by atomic mass is 15.2. The molecule has 1 N–H and O–H groups in total. The molecule has 0 radical (unpaired) electrons. The van der Waals surface area contributed by atoms with Crippen molar-refractivity contribution in [3.63, 3.8) is 0 Å². The maximum Gasteiger partial charge on any atom is 0.121 e. The average Bonchev–Trinajstić information content (AvgIpc) is 2.45. The first-order valence-electron chi connectivity index (χ1n) is 7.11. The van der Waals surface area contributed by atoms with E-state index in [1.165, 1.54) is 5.69 Å². The summed E-state index contributed by atoms with van der Waals surface area (Å²) in [4.78, 5) is 2.30. The van der Waals surface area contributed by atoms with E-state index in [0.717, 1.165) is 25.9 Å². The SMILES string of the molecule is CCCCN(CC(C)(C#N)NCC)c1ccccc1. The molecule has 0 fully saturated rings. The third-order valence-electron chi connectivity index (χ3n) is 3.22. The standard InChI is InChI=1S/C16H25N3/c1-4-6-12-19(15-10-8-7-9-11-15)14-16(3,13-17)18-5-2/h7-11,18H,4-6,12,14H2,1-3H3. The lowest BCUT2D eigenvalue weighted by Crippen LogP contribution is -2.50. The fraction of sp³-hybridized carbons (Fsp3) is 0.562. The van der Waals surface area contributed by atoms with Crippen LogP contribution in [0, 0.1) is 11.3 Å². The number of hydrogen-bond acceptors (Lipinski definition) is 3. The topological polar surface area (TPSA) is 39.1 Å². The van der Waals surface area contributed by atoms with Gasteiger partial charge in [0.05, 0.1) is 6.07 Å². The molecule has 1 aromatic carbocycles. The van der Waals surface area contributed by atoms with Gasteiger partial charge in [0.25, 0.3) is 0 Å². The lowest BCUT2D eigenvalue weighted by molar-refractivity contribution is 0.452. The van der Waals surface area contributed by atoms with E-state index in [1.807, 2.05) is 32.0 Å². The van der Waals surface area contributed by atoms with Crippen LogP contribution in [-0.2, 0) is 0 Å². The normalized spacial score (nSPS) is 13.6. The molecule has 0 saturated heterocycles. The first kappa shape index (κ1) is 15.5. The molecule has 0 amide bonds. The average molecular weight is 259 g/mol. The number of benzene rings is 1. The molecule has 1 rings (SSSR count). The van der Waals surface area contributed by atoms with Crippen molar-refractivity contribution in [3.05, 3.63) is 30.3 Å². The minimum Gasteiger partial charge on any atom is -0.369 e. The Morgan fingerprint density at radius 3 is 2.47 bits per heavy atom. The van der Waals surface area contributed by atoms with E-state index in [0.29, 0.717) is 6.54 Å². The van der Waals surface area contributed by atoms with Crippen molar-refractivity contribution >= 4 is 5.69 Å². The molecule has 0 aliphatic heterocycles. The number of rotatable bonds is 8. The van der Waals surface area contributed by atoms with Crippen molar-refractivity contribution in [1.29, 1.82) is 5.26 Å². The van der Waals surface area contributed by atoms with Crippen LogP contribution in [-0.4, -0.2) is 25.2 Å². The summed E-state index contributed by atoms with van der Waals surface area (Å²) in [6.45, 7) is 8.70. The summed E-state index contributed by atoms with van der Waals surface area (Å²) in [5.74, 6) is 0. The Morgan fingerprint density at radius 1 is 1.26 bits per heavy atom. The van der Waals surface area contributed by atoms with Crippen LogP contribution in [0.1, 0.15) is 33.6 Å². The Morgan fingerprint density at radius 2 is 1.95 bits per heavy atom. The van der Waals surface area contributed by atoms with Crippen molar-refractivity contribution in [3.8, 4) is 6.07 Å². The van der Waals surface area contributed by atoms with Gasteiger partial charge in [-0.15, -0.1) is 0 Å². The van der Waals surface area contributed by atoms with Crippen molar-refractivity contribution in [1.82, 2.24) is 5.32 Å². The van der Waals surface area contributed by atoms with Crippen molar-refractivity contribution in [2.45, 2.75) is 39.2 Å². The summed E-state index contributed by atoms with van der Waals surface area (Å²) in [7, 11) is 0. The largest absolute Gasteiger partial charge is 0.369 e. The molecule has 104 valence electrons. The van der Waals surface area contributed by atoms with Crippen LogP contribution in [0.5, 0.6) is 0 Å². The maximum absolute atomic E-state index is 9.40. The predicted molar refractivity (Wildman–Crippen MR) is 81.3 cm³/mol. The quantitative estimate of drug-likeness (QED) is 0.779. The minimum atomic E-state index is -0.502. The minimum absolute atomic E-state index is 0.502. The van der Waals surface area contributed by atoms with Gasteiger partial charge < -0.3 is 4.90 Å². The summed E-state index contributed by atoms with van der Waals surface area (Å²) in [6, 6.07) is 12.7. The molecule has 1 unspecified atom stereocenters. The molecular weight excluding hydrogens is 234 g/mol. The van der Waals surface area contributed by atoms with Crippen molar-refractivity contribution in [2.75, 3.05) is 24.5 Å². The van der Waals surface area contributed by atoms with E-state index in [9.17, 15) is 5.26 Å². The van der Waals surface area contributed by atoms with Gasteiger partial charge in [0.2, 0.25) is 0 Å². The van der Waals surface area contributed by atoms with Crippen LogP contribution < -0.4 is 10.2 Å². The molecule has 0 heterocycles. The van der Waals surface area contributed by atoms with Gasteiger partial charge in [-0.1, -0.05) is 38.5 Å². The lowest BCUT2D eigenvalue weighted by atomic mass is 10.0. The first-order chi connectivity index (χ1) is 9.15. The van der Waals surface area contributed by atoms with Gasteiger partial charge in [0.1, 0.15) is 5.54 Å². The van der Waals surface area contributed by atoms with Gasteiger partial charge in [-0.2, -0.15) is 5.26 Å². The molecule has 0 aliphatic rings. The number of nitrogens with one attached hydrogen (secondary N) is 1.